The molecule has 0 spiro atoms. The van der Waals surface area contributed by atoms with Crippen LogP contribution in [0.5, 0.6) is 0 Å². The number of fused-ring (bicyclic) bond motifs is 4. The third kappa shape index (κ3) is 2.96. The highest BCUT2D eigenvalue weighted by Gasteiger charge is 2.31. The van der Waals surface area contributed by atoms with Gasteiger partial charge in [-0.05, 0) is 46.5 Å². The standard InChI is InChI=1S/C27H19N3O3/c1-15(16-11-13-28-26-19(16)12-14-29-26)30-25-18-6-3-2-5-17(18)24-20(7-4-8-21(24)25)22-9-10-23(33-22)27(31)32/h2-14,25,30H,1H2,(H,28,29)(H,31,32). The van der Waals surface area contributed by atoms with Gasteiger partial charge in [-0.2, -0.15) is 0 Å². The lowest BCUT2D eigenvalue weighted by Crippen LogP contribution is -2.18. The molecule has 2 aromatic carbocycles. The van der Waals surface area contributed by atoms with Crippen molar-refractivity contribution in [1.82, 2.24) is 15.3 Å². The second-order valence-electron chi connectivity index (χ2n) is 7.98. The summed E-state index contributed by atoms with van der Waals surface area (Å²) < 4.78 is 5.65. The van der Waals surface area contributed by atoms with Crippen molar-refractivity contribution in [3.05, 3.63) is 108 Å². The molecule has 160 valence electrons. The summed E-state index contributed by atoms with van der Waals surface area (Å²) in [6.07, 6.45) is 3.64. The number of hydrogen-bond donors (Lipinski definition) is 3. The molecule has 0 amide bonds. The fraction of sp³-hybridized carbons (Fsp3) is 0.0370. The van der Waals surface area contributed by atoms with Gasteiger partial charge in [-0.25, -0.2) is 9.78 Å². The van der Waals surface area contributed by atoms with Crippen LogP contribution in [-0.4, -0.2) is 21.0 Å². The van der Waals surface area contributed by atoms with Crippen LogP contribution in [0, 0.1) is 0 Å². The summed E-state index contributed by atoms with van der Waals surface area (Å²) in [5.41, 5.74) is 7.80. The molecular formula is C27H19N3O3. The maximum Gasteiger partial charge on any atom is 0.371 e. The number of hydrogen-bond acceptors (Lipinski definition) is 4. The van der Waals surface area contributed by atoms with E-state index in [-0.39, 0.29) is 11.8 Å². The van der Waals surface area contributed by atoms with Crippen molar-refractivity contribution in [3.8, 4) is 22.5 Å². The van der Waals surface area contributed by atoms with Gasteiger partial charge in [-0.15, -0.1) is 0 Å². The van der Waals surface area contributed by atoms with Gasteiger partial charge in [0, 0.05) is 34.6 Å². The number of nitrogens with zero attached hydrogens (tertiary/aromatic N) is 1. The monoisotopic (exact) mass is 433 g/mol. The number of carboxylic acid groups (broad SMARTS) is 1. The number of pyridine rings is 1. The van der Waals surface area contributed by atoms with Crippen LogP contribution in [0.4, 0.5) is 0 Å². The zero-order chi connectivity index (χ0) is 22.5. The Morgan fingerprint density at radius 3 is 2.67 bits per heavy atom. The van der Waals surface area contributed by atoms with Crippen molar-refractivity contribution in [3.63, 3.8) is 0 Å². The minimum atomic E-state index is -1.08. The Morgan fingerprint density at radius 2 is 1.82 bits per heavy atom. The van der Waals surface area contributed by atoms with Gasteiger partial charge in [0.05, 0.1) is 6.04 Å². The smallest absolute Gasteiger partial charge is 0.371 e. The maximum atomic E-state index is 11.3. The van der Waals surface area contributed by atoms with Gasteiger partial charge < -0.3 is 19.8 Å². The van der Waals surface area contributed by atoms with Gasteiger partial charge in [-0.3, -0.25) is 0 Å². The van der Waals surface area contributed by atoms with Crippen LogP contribution in [0.15, 0.2) is 90.1 Å². The van der Waals surface area contributed by atoms with Crippen molar-refractivity contribution < 1.29 is 14.3 Å². The number of carbonyl (C=O) groups is 1. The second-order valence-corrected chi connectivity index (χ2v) is 7.98. The molecule has 0 saturated carbocycles. The molecule has 0 aliphatic heterocycles. The van der Waals surface area contributed by atoms with Gasteiger partial charge in [-0.1, -0.05) is 49.0 Å². The van der Waals surface area contributed by atoms with Crippen LogP contribution in [0.25, 0.3) is 39.2 Å². The second kappa shape index (κ2) is 7.24. The van der Waals surface area contributed by atoms with Gasteiger partial charge in [0.2, 0.25) is 5.76 Å². The Labute approximate surface area is 189 Å². The first-order chi connectivity index (χ1) is 16.1. The molecule has 0 bridgehead atoms. The van der Waals surface area contributed by atoms with E-state index < -0.39 is 5.97 Å². The highest BCUT2D eigenvalue weighted by molar-refractivity contribution is 5.93. The molecule has 0 saturated heterocycles. The fourth-order valence-electron chi connectivity index (χ4n) is 4.69. The van der Waals surface area contributed by atoms with Crippen LogP contribution in [0.2, 0.25) is 0 Å². The minimum absolute atomic E-state index is 0.0786. The van der Waals surface area contributed by atoms with Crippen molar-refractivity contribution in [2.24, 2.45) is 0 Å². The first kappa shape index (κ1) is 19.1. The molecule has 1 aliphatic carbocycles. The van der Waals surface area contributed by atoms with Gasteiger partial charge in [0.25, 0.3) is 0 Å². The average Bonchev–Trinajstić information content (AvgIpc) is 3.57. The largest absolute Gasteiger partial charge is 0.475 e. The van der Waals surface area contributed by atoms with E-state index in [1.54, 1.807) is 12.3 Å². The molecule has 0 fully saturated rings. The van der Waals surface area contributed by atoms with E-state index >= 15 is 0 Å². The van der Waals surface area contributed by atoms with Crippen LogP contribution < -0.4 is 5.32 Å². The lowest BCUT2D eigenvalue weighted by Gasteiger charge is -2.20. The third-order valence-electron chi connectivity index (χ3n) is 6.13. The predicted octanol–water partition coefficient (Wildman–Crippen LogP) is 5.85. The Morgan fingerprint density at radius 1 is 1.00 bits per heavy atom. The van der Waals surface area contributed by atoms with Crippen molar-refractivity contribution in [2.45, 2.75) is 6.04 Å². The normalized spacial score (nSPS) is 14.1. The topological polar surface area (TPSA) is 91.2 Å². The first-order valence-electron chi connectivity index (χ1n) is 10.6. The molecule has 3 N–H and O–H groups in total. The van der Waals surface area contributed by atoms with Crippen molar-refractivity contribution in [1.29, 1.82) is 0 Å². The highest BCUT2D eigenvalue weighted by Crippen LogP contribution is 2.48. The number of rotatable bonds is 5. The number of benzene rings is 2. The molecule has 6 heteroatoms. The van der Waals surface area contributed by atoms with Gasteiger partial charge >= 0.3 is 5.97 Å². The van der Waals surface area contributed by atoms with Crippen LogP contribution in [0.1, 0.15) is 33.3 Å². The molecule has 5 aromatic rings. The Balaban J connectivity index is 1.46. The molecular weight excluding hydrogens is 414 g/mol. The van der Waals surface area contributed by atoms with Crippen LogP contribution in [-0.2, 0) is 0 Å². The molecule has 6 rings (SSSR count). The maximum absolute atomic E-state index is 11.3. The van der Waals surface area contributed by atoms with E-state index in [4.69, 9.17) is 4.42 Å². The predicted molar refractivity (Wildman–Crippen MR) is 127 cm³/mol. The first-order valence-corrected chi connectivity index (χ1v) is 10.6. The number of aromatic amines is 1. The van der Waals surface area contributed by atoms with E-state index in [0.717, 1.165) is 50.1 Å². The van der Waals surface area contributed by atoms with Crippen molar-refractivity contribution in [2.75, 3.05) is 0 Å². The highest BCUT2D eigenvalue weighted by atomic mass is 16.4. The SMILES string of the molecule is C=C(NC1c2ccccc2-c2c(-c3ccc(C(=O)O)o3)cccc21)c1ccnc2[nH]ccc12. The molecule has 3 aromatic heterocycles. The number of H-pyrrole nitrogens is 1. The molecule has 33 heavy (non-hydrogen) atoms. The number of nitrogens with one attached hydrogen (secondary N) is 2. The Kier molecular flexibility index (Phi) is 4.20. The summed E-state index contributed by atoms with van der Waals surface area (Å²) in [5.74, 6) is -0.634. The Hall–Kier alpha value is -4.58. The summed E-state index contributed by atoms with van der Waals surface area (Å²) in [6.45, 7) is 4.33. The van der Waals surface area contributed by atoms with E-state index in [0.29, 0.717) is 5.76 Å². The summed E-state index contributed by atoms with van der Waals surface area (Å²) in [6, 6.07) is 21.3. The van der Waals surface area contributed by atoms with Crippen LogP contribution in [0.3, 0.4) is 0 Å². The van der Waals surface area contributed by atoms with E-state index in [1.165, 1.54) is 6.07 Å². The molecule has 3 heterocycles. The van der Waals surface area contributed by atoms with Gasteiger partial charge in [0.15, 0.2) is 0 Å². The van der Waals surface area contributed by atoms with E-state index in [9.17, 15) is 9.90 Å². The fourth-order valence-corrected chi connectivity index (χ4v) is 4.69. The minimum Gasteiger partial charge on any atom is -0.475 e. The zero-order valence-corrected chi connectivity index (χ0v) is 17.5. The molecule has 1 unspecified atom stereocenters. The average molecular weight is 433 g/mol. The van der Waals surface area contributed by atoms with E-state index in [2.05, 4.69) is 40.1 Å². The lowest BCUT2D eigenvalue weighted by atomic mass is 9.97. The Bertz CT molecular complexity index is 1560. The zero-order valence-electron chi connectivity index (χ0n) is 17.5. The molecule has 1 aliphatic rings. The molecule has 1 atom stereocenters. The lowest BCUT2D eigenvalue weighted by molar-refractivity contribution is 0.0663. The number of furan rings is 1. The van der Waals surface area contributed by atoms with Crippen LogP contribution >= 0.6 is 0 Å². The number of carboxylic acids is 1. The summed E-state index contributed by atoms with van der Waals surface area (Å²) in [5, 5.41) is 13.9. The summed E-state index contributed by atoms with van der Waals surface area (Å²) in [7, 11) is 0. The van der Waals surface area contributed by atoms with Crippen molar-refractivity contribution >= 4 is 22.7 Å². The van der Waals surface area contributed by atoms with E-state index in [1.807, 2.05) is 42.6 Å². The molecule has 0 radical (unpaired) electrons. The molecule has 6 nitrogen and oxygen atoms in total. The summed E-state index contributed by atoms with van der Waals surface area (Å²) in [4.78, 5) is 18.9. The summed E-state index contributed by atoms with van der Waals surface area (Å²) >= 11 is 0. The van der Waals surface area contributed by atoms with Gasteiger partial charge in [0.1, 0.15) is 11.4 Å². The quantitative estimate of drug-likeness (QED) is 0.323. The third-order valence-corrected chi connectivity index (χ3v) is 6.13. The number of aromatic nitrogens is 2. The number of aromatic carboxylic acids is 1.